The molecule has 0 unspecified atom stereocenters. The van der Waals surface area contributed by atoms with Gasteiger partial charge in [-0.15, -0.1) is 11.8 Å². The fraction of sp³-hybridized carbons (Fsp3) is 0.308. The molecule has 1 aromatic rings. The number of rotatable bonds is 4. The molecule has 0 bridgehead atoms. The molecule has 7 heteroatoms. The molecule has 0 radical (unpaired) electrons. The van der Waals surface area contributed by atoms with Crippen molar-refractivity contribution in [2.24, 2.45) is 5.92 Å². The van der Waals surface area contributed by atoms with Crippen molar-refractivity contribution >= 4 is 29.4 Å². The molecule has 104 valence electrons. The minimum atomic E-state index is -1.10. The van der Waals surface area contributed by atoms with E-state index in [0.29, 0.717) is 11.6 Å². The van der Waals surface area contributed by atoms with Gasteiger partial charge in [0.2, 0.25) is 11.7 Å². The zero-order valence-electron chi connectivity index (χ0n) is 10.4. The molecule has 1 aromatic heterocycles. The molecule has 20 heavy (non-hydrogen) atoms. The number of thioether (sulfide) groups is 1. The molecule has 6 nitrogen and oxygen atoms in total. The standard InChI is InChI=1S/C13H11NO5S/c15-9(16)6-7-10(11(17)8-2-1-4-19-8)13-14(12(7)18)3-5-20-13/h1-2,4,7H,3,5-6H2,(H,15,16)/t7-/m1/s1. The van der Waals surface area contributed by atoms with Gasteiger partial charge in [0, 0.05) is 17.9 Å². The Hall–Kier alpha value is -2.02. The van der Waals surface area contributed by atoms with Crippen molar-refractivity contribution in [3.63, 3.8) is 0 Å². The van der Waals surface area contributed by atoms with Gasteiger partial charge in [0.25, 0.3) is 0 Å². The second-order valence-corrected chi connectivity index (χ2v) is 5.60. The molecule has 2 aliphatic heterocycles. The molecule has 1 N–H and O–H groups in total. The quantitative estimate of drug-likeness (QED) is 0.843. The third-order valence-corrected chi connectivity index (χ3v) is 4.41. The van der Waals surface area contributed by atoms with Crippen LogP contribution < -0.4 is 0 Å². The van der Waals surface area contributed by atoms with E-state index in [0.717, 1.165) is 5.75 Å². The van der Waals surface area contributed by atoms with Crippen molar-refractivity contribution in [1.29, 1.82) is 0 Å². The Morgan fingerprint density at radius 1 is 1.50 bits per heavy atom. The van der Waals surface area contributed by atoms with E-state index in [1.54, 1.807) is 6.07 Å². The predicted molar refractivity (Wildman–Crippen MR) is 70.0 cm³/mol. The number of carboxylic acid groups (broad SMARTS) is 1. The van der Waals surface area contributed by atoms with Crippen molar-refractivity contribution < 1.29 is 23.9 Å². The van der Waals surface area contributed by atoms with Crippen molar-refractivity contribution in [2.75, 3.05) is 12.3 Å². The molecule has 1 saturated heterocycles. The van der Waals surface area contributed by atoms with Crippen LogP contribution in [0, 0.1) is 5.92 Å². The predicted octanol–water partition coefficient (Wildman–Crippen LogP) is 1.35. The number of ketones is 1. The van der Waals surface area contributed by atoms with E-state index < -0.39 is 17.7 Å². The van der Waals surface area contributed by atoms with Crippen LogP contribution in [0.5, 0.6) is 0 Å². The highest BCUT2D eigenvalue weighted by molar-refractivity contribution is 8.03. The minimum Gasteiger partial charge on any atom is -0.481 e. The lowest BCUT2D eigenvalue weighted by molar-refractivity contribution is -0.141. The summed E-state index contributed by atoms with van der Waals surface area (Å²) in [6.07, 6.45) is 1.00. The number of fused-ring (bicyclic) bond motifs is 1. The lowest BCUT2D eigenvalue weighted by Crippen LogP contribution is -2.29. The molecular weight excluding hydrogens is 282 g/mol. The SMILES string of the molecule is O=C(O)C[C@H]1C(=O)N2CCSC2=C1C(=O)c1ccco1. The van der Waals surface area contributed by atoms with E-state index in [4.69, 9.17) is 9.52 Å². The molecule has 2 aliphatic rings. The highest BCUT2D eigenvalue weighted by Crippen LogP contribution is 2.43. The number of carbonyl (C=O) groups excluding carboxylic acids is 2. The maximum Gasteiger partial charge on any atom is 0.304 e. The van der Waals surface area contributed by atoms with Crippen LogP contribution in [0.4, 0.5) is 0 Å². The molecule has 0 saturated carbocycles. The summed E-state index contributed by atoms with van der Waals surface area (Å²) in [7, 11) is 0. The number of hydrogen-bond donors (Lipinski definition) is 1. The molecule has 1 atom stereocenters. The fourth-order valence-corrected chi connectivity index (χ4v) is 3.66. The van der Waals surface area contributed by atoms with Crippen LogP contribution >= 0.6 is 11.8 Å². The second kappa shape index (κ2) is 4.82. The summed E-state index contributed by atoms with van der Waals surface area (Å²) in [4.78, 5) is 37.1. The van der Waals surface area contributed by atoms with Gasteiger partial charge >= 0.3 is 5.97 Å². The van der Waals surface area contributed by atoms with Crippen LogP contribution in [-0.4, -0.2) is 40.0 Å². The molecule has 0 aliphatic carbocycles. The number of aliphatic carboxylic acids is 1. The highest BCUT2D eigenvalue weighted by Gasteiger charge is 2.46. The minimum absolute atomic E-state index is 0.130. The lowest BCUT2D eigenvalue weighted by atomic mass is 9.93. The maximum absolute atomic E-state index is 12.5. The van der Waals surface area contributed by atoms with Crippen molar-refractivity contribution in [3.8, 4) is 0 Å². The van der Waals surface area contributed by atoms with Crippen LogP contribution in [0.1, 0.15) is 17.0 Å². The molecule has 0 aromatic carbocycles. The van der Waals surface area contributed by atoms with Gasteiger partial charge in [-0.1, -0.05) is 0 Å². The summed E-state index contributed by atoms with van der Waals surface area (Å²) in [5.41, 5.74) is 0.259. The molecule has 3 rings (SSSR count). The summed E-state index contributed by atoms with van der Waals surface area (Å²) in [6, 6.07) is 3.10. The van der Waals surface area contributed by atoms with E-state index >= 15 is 0 Å². The van der Waals surface area contributed by atoms with E-state index in [9.17, 15) is 14.4 Å². The smallest absolute Gasteiger partial charge is 0.304 e. The number of amides is 1. The van der Waals surface area contributed by atoms with E-state index in [-0.39, 0.29) is 23.7 Å². The zero-order valence-corrected chi connectivity index (χ0v) is 11.2. The number of nitrogens with zero attached hydrogens (tertiary/aromatic N) is 1. The third kappa shape index (κ3) is 1.94. The van der Waals surface area contributed by atoms with Gasteiger partial charge in [-0.2, -0.15) is 0 Å². The van der Waals surface area contributed by atoms with Gasteiger partial charge in [-0.3, -0.25) is 14.4 Å². The Kier molecular flexibility index (Phi) is 3.13. The van der Waals surface area contributed by atoms with Gasteiger partial charge in [0.1, 0.15) is 0 Å². The Morgan fingerprint density at radius 2 is 2.30 bits per heavy atom. The van der Waals surface area contributed by atoms with Crippen LogP contribution in [0.25, 0.3) is 0 Å². The summed E-state index contributed by atoms with van der Waals surface area (Å²) in [6.45, 7) is 0.518. The number of Topliss-reactive ketones (excluding diaryl/α,β-unsaturated/α-hetero) is 1. The molecule has 1 fully saturated rings. The number of carbonyl (C=O) groups is 3. The topological polar surface area (TPSA) is 87.8 Å². The van der Waals surface area contributed by atoms with Gasteiger partial charge < -0.3 is 14.4 Å². The Morgan fingerprint density at radius 3 is 2.95 bits per heavy atom. The Balaban J connectivity index is 2.03. The number of furan rings is 1. The lowest BCUT2D eigenvalue weighted by Gasteiger charge is -2.11. The Labute approximate surface area is 118 Å². The normalized spacial score (nSPS) is 21.5. The first-order chi connectivity index (χ1) is 9.59. The summed E-state index contributed by atoms with van der Waals surface area (Å²) < 4.78 is 5.07. The average molecular weight is 293 g/mol. The molecule has 0 spiro atoms. The molecule has 3 heterocycles. The maximum atomic E-state index is 12.5. The van der Waals surface area contributed by atoms with Crippen LogP contribution in [0.2, 0.25) is 0 Å². The van der Waals surface area contributed by atoms with Crippen LogP contribution in [-0.2, 0) is 9.59 Å². The monoisotopic (exact) mass is 293 g/mol. The van der Waals surface area contributed by atoms with Gasteiger partial charge in [0.15, 0.2) is 5.76 Å². The van der Waals surface area contributed by atoms with Gasteiger partial charge in [-0.05, 0) is 12.1 Å². The molecule has 1 amide bonds. The second-order valence-electron chi connectivity index (χ2n) is 4.51. The van der Waals surface area contributed by atoms with Gasteiger partial charge in [0.05, 0.1) is 23.6 Å². The summed E-state index contributed by atoms with van der Waals surface area (Å²) in [5.74, 6) is -1.86. The Bertz CT molecular complexity index is 619. The first-order valence-corrected chi connectivity index (χ1v) is 7.06. The largest absolute Gasteiger partial charge is 0.481 e. The highest BCUT2D eigenvalue weighted by atomic mass is 32.2. The molecular formula is C13H11NO5S. The van der Waals surface area contributed by atoms with E-state index in [2.05, 4.69) is 0 Å². The zero-order chi connectivity index (χ0) is 14.3. The van der Waals surface area contributed by atoms with Gasteiger partial charge in [-0.25, -0.2) is 0 Å². The first-order valence-electron chi connectivity index (χ1n) is 6.08. The summed E-state index contributed by atoms with van der Waals surface area (Å²) >= 11 is 1.41. The van der Waals surface area contributed by atoms with Crippen LogP contribution in [0.3, 0.4) is 0 Å². The average Bonchev–Trinajstić information content (AvgIpc) is 3.10. The third-order valence-electron chi connectivity index (χ3n) is 3.31. The number of hydrogen-bond acceptors (Lipinski definition) is 5. The fourth-order valence-electron chi connectivity index (χ4n) is 2.47. The van der Waals surface area contributed by atoms with E-state index in [1.165, 1.54) is 29.0 Å². The van der Waals surface area contributed by atoms with Crippen molar-refractivity contribution in [3.05, 3.63) is 34.8 Å². The van der Waals surface area contributed by atoms with E-state index in [1.807, 2.05) is 0 Å². The number of carboxylic acids is 1. The van der Waals surface area contributed by atoms with Crippen molar-refractivity contribution in [2.45, 2.75) is 6.42 Å². The van der Waals surface area contributed by atoms with Crippen molar-refractivity contribution in [1.82, 2.24) is 4.90 Å². The van der Waals surface area contributed by atoms with Crippen LogP contribution in [0.15, 0.2) is 33.4 Å². The first kappa shape index (κ1) is 13.0. The summed E-state index contributed by atoms with van der Waals surface area (Å²) in [5, 5.41) is 9.54.